The molecule has 0 radical (unpaired) electrons. The number of rotatable bonds is 4. The van der Waals surface area contributed by atoms with Crippen LogP contribution in [0.5, 0.6) is 0 Å². The SMILES string of the molecule is Nc1ncc(-c2nc3c(c(N4CCOCC4)n2)CCN(c2cnc(C(=O)O)cn2)C3)cn1. The van der Waals surface area contributed by atoms with Crippen LogP contribution in [0.15, 0.2) is 24.8 Å². The summed E-state index contributed by atoms with van der Waals surface area (Å²) in [7, 11) is 0. The van der Waals surface area contributed by atoms with Crippen molar-refractivity contribution in [3.8, 4) is 11.4 Å². The van der Waals surface area contributed by atoms with Gasteiger partial charge in [-0.15, -0.1) is 0 Å². The van der Waals surface area contributed by atoms with Crippen molar-refractivity contribution < 1.29 is 14.6 Å². The lowest BCUT2D eigenvalue weighted by Crippen LogP contribution is -2.39. The molecular formula is C20H21N9O3. The van der Waals surface area contributed by atoms with Crippen LogP contribution >= 0.6 is 0 Å². The number of carbonyl (C=O) groups is 1. The number of anilines is 3. The molecule has 2 aliphatic heterocycles. The molecule has 0 bridgehead atoms. The van der Waals surface area contributed by atoms with E-state index in [1.807, 2.05) is 4.90 Å². The summed E-state index contributed by atoms with van der Waals surface area (Å²) in [6, 6.07) is 0. The molecule has 1 fully saturated rings. The van der Waals surface area contributed by atoms with Crippen LogP contribution in [-0.4, -0.2) is 73.8 Å². The van der Waals surface area contributed by atoms with E-state index in [9.17, 15) is 4.79 Å². The van der Waals surface area contributed by atoms with Gasteiger partial charge in [0, 0.05) is 37.6 Å². The molecule has 12 nitrogen and oxygen atoms in total. The van der Waals surface area contributed by atoms with E-state index in [-0.39, 0.29) is 11.6 Å². The van der Waals surface area contributed by atoms with Gasteiger partial charge in [0.1, 0.15) is 11.6 Å². The fraction of sp³-hybridized carbons (Fsp3) is 0.350. The second kappa shape index (κ2) is 8.30. The minimum atomic E-state index is -1.11. The Morgan fingerprint density at radius 1 is 0.969 bits per heavy atom. The molecule has 0 unspecified atom stereocenters. The number of nitrogens with zero attached hydrogens (tertiary/aromatic N) is 8. The first-order valence-corrected chi connectivity index (χ1v) is 10.2. The van der Waals surface area contributed by atoms with E-state index in [4.69, 9.17) is 25.5 Å². The number of nitrogens with two attached hydrogens (primary N) is 1. The van der Waals surface area contributed by atoms with Crippen molar-refractivity contribution in [2.24, 2.45) is 0 Å². The van der Waals surface area contributed by atoms with Gasteiger partial charge in [-0.05, 0) is 6.42 Å². The zero-order valence-electron chi connectivity index (χ0n) is 17.2. The lowest BCUT2D eigenvalue weighted by Gasteiger charge is -2.34. The first kappa shape index (κ1) is 20.0. The van der Waals surface area contributed by atoms with E-state index in [1.165, 1.54) is 12.4 Å². The number of morpholine rings is 1. The highest BCUT2D eigenvalue weighted by molar-refractivity contribution is 5.84. The number of ether oxygens (including phenoxy) is 1. The first-order valence-electron chi connectivity index (χ1n) is 10.2. The van der Waals surface area contributed by atoms with Gasteiger partial charge in [-0.25, -0.2) is 34.7 Å². The molecule has 0 aromatic carbocycles. The van der Waals surface area contributed by atoms with Gasteiger partial charge < -0.3 is 25.4 Å². The molecule has 5 heterocycles. The first-order chi connectivity index (χ1) is 15.6. The van der Waals surface area contributed by atoms with Crippen LogP contribution in [0.1, 0.15) is 21.7 Å². The second-order valence-corrected chi connectivity index (χ2v) is 7.46. The molecule has 0 saturated carbocycles. The molecule has 32 heavy (non-hydrogen) atoms. The summed E-state index contributed by atoms with van der Waals surface area (Å²) in [6.45, 7) is 4.01. The standard InChI is InChI=1S/C20H21N9O3/c21-20-24-7-12(8-25-20)17-26-15-11-29(16-10-22-14(9-23-16)19(30)31)2-1-13(15)18(27-17)28-3-5-32-6-4-28/h7-10H,1-6,11H2,(H,30,31)(H2,21,24,25). The van der Waals surface area contributed by atoms with Crippen LogP contribution in [0.25, 0.3) is 11.4 Å². The average molecular weight is 435 g/mol. The highest BCUT2D eigenvalue weighted by Gasteiger charge is 2.27. The third-order valence-electron chi connectivity index (χ3n) is 5.47. The zero-order chi connectivity index (χ0) is 22.1. The van der Waals surface area contributed by atoms with Gasteiger partial charge in [0.2, 0.25) is 5.95 Å². The highest BCUT2D eigenvalue weighted by Crippen LogP contribution is 2.31. The number of fused-ring (bicyclic) bond motifs is 1. The Hall–Kier alpha value is -3.93. The normalized spacial score (nSPS) is 16.0. The molecule has 164 valence electrons. The Labute approximate surface area is 183 Å². The molecule has 5 rings (SSSR count). The van der Waals surface area contributed by atoms with E-state index in [2.05, 4.69) is 24.8 Å². The van der Waals surface area contributed by atoms with E-state index >= 15 is 0 Å². The lowest BCUT2D eigenvalue weighted by molar-refractivity contribution is 0.0690. The van der Waals surface area contributed by atoms with Crippen molar-refractivity contribution in [1.82, 2.24) is 29.9 Å². The van der Waals surface area contributed by atoms with Crippen LogP contribution < -0.4 is 15.5 Å². The third-order valence-corrected chi connectivity index (χ3v) is 5.47. The lowest BCUT2D eigenvalue weighted by atomic mass is 10.0. The fourth-order valence-electron chi connectivity index (χ4n) is 3.82. The minimum Gasteiger partial charge on any atom is -0.476 e. The summed E-state index contributed by atoms with van der Waals surface area (Å²) in [5, 5.41) is 9.06. The van der Waals surface area contributed by atoms with Crippen molar-refractivity contribution in [2.45, 2.75) is 13.0 Å². The third kappa shape index (κ3) is 3.87. The Morgan fingerprint density at radius 2 is 1.75 bits per heavy atom. The topological polar surface area (TPSA) is 156 Å². The number of hydrogen-bond donors (Lipinski definition) is 2. The predicted octanol–water partition coefficient (Wildman–Crippen LogP) is 0.403. The number of hydrogen-bond acceptors (Lipinski definition) is 11. The maximum Gasteiger partial charge on any atom is 0.356 e. The van der Waals surface area contributed by atoms with Crippen molar-refractivity contribution >= 4 is 23.6 Å². The van der Waals surface area contributed by atoms with Crippen LogP contribution in [0.4, 0.5) is 17.6 Å². The fourth-order valence-corrected chi connectivity index (χ4v) is 3.82. The van der Waals surface area contributed by atoms with Crippen LogP contribution in [0.2, 0.25) is 0 Å². The molecule has 2 aliphatic rings. The molecule has 0 aliphatic carbocycles. The minimum absolute atomic E-state index is 0.0891. The van der Waals surface area contributed by atoms with Gasteiger partial charge in [0.15, 0.2) is 11.5 Å². The van der Waals surface area contributed by atoms with Gasteiger partial charge in [-0.1, -0.05) is 0 Å². The molecule has 3 aromatic rings. The number of carboxylic acid groups (broad SMARTS) is 1. The summed E-state index contributed by atoms with van der Waals surface area (Å²) < 4.78 is 5.51. The summed E-state index contributed by atoms with van der Waals surface area (Å²) in [5.41, 5.74) is 8.20. The second-order valence-electron chi connectivity index (χ2n) is 7.46. The summed E-state index contributed by atoms with van der Waals surface area (Å²) in [6.07, 6.45) is 6.70. The maximum absolute atomic E-state index is 11.1. The summed E-state index contributed by atoms with van der Waals surface area (Å²) in [4.78, 5) is 41.4. The highest BCUT2D eigenvalue weighted by atomic mass is 16.5. The molecule has 12 heteroatoms. The van der Waals surface area contributed by atoms with Gasteiger partial charge in [-0.3, -0.25) is 0 Å². The smallest absolute Gasteiger partial charge is 0.356 e. The quantitative estimate of drug-likeness (QED) is 0.582. The number of carboxylic acids is 1. The Kier molecular flexibility index (Phi) is 5.19. The predicted molar refractivity (Wildman–Crippen MR) is 114 cm³/mol. The molecule has 0 spiro atoms. The largest absolute Gasteiger partial charge is 0.476 e. The zero-order valence-corrected chi connectivity index (χ0v) is 17.2. The van der Waals surface area contributed by atoms with Gasteiger partial charge in [0.25, 0.3) is 0 Å². The van der Waals surface area contributed by atoms with Crippen molar-refractivity contribution in [2.75, 3.05) is 48.4 Å². The number of aromatic nitrogens is 6. The Morgan fingerprint density at radius 3 is 2.44 bits per heavy atom. The van der Waals surface area contributed by atoms with Crippen LogP contribution in [0.3, 0.4) is 0 Å². The number of nitrogen functional groups attached to an aromatic ring is 1. The van der Waals surface area contributed by atoms with Crippen molar-refractivity contribution in [3.63, 3.8) is 0 Å². The molecule has 1 saturated heterocycles. The molecule has 3 N–H and O–H groups in total. The van der Waals surface area contributed by atoms with Crippen molar-refractivity contribution in [1.29, 1.82) is 0 Å². The summed E-state index contributed by atoms with van der Waals surface area (Å²) >= 11 is 0. The van der Waals surface area contributed by atoms with E-state index in [0.717, 1.165) is 36.6 Å². The number of aromatic carboxylic acids is 1. The summed E-state index contributed by atoms with van der Waals surface area (Å²) in [5.74, 6) is 1.11. The molecule has 3 aromatic heterocycles. The van der Waals surface area contributed by atoms with Crippen LogP contribution in [-0.2, 0) is 17.7 Å². The van der Waals surface area contributed by atoms with Gasteiger partial charge in [0.05, 0.1) is 43.4 Å². The molecule has 0 amide bonds. The van der Waals surface area contributed by atoms with E-state index in [1.54, 1.807) is 12.4 Å². The van der Waals surface area contributed by atoms with Crippen molar-refractivity contribution in [3.05, 3.63) is 41.7 Å². The maximum atomic E-state index is 11.1. The van der Waals surface area contributed by atoms with Crippen LogP contribution in [0, 0.1) is 0 Å². The Bertz CT molecular complexity index is 1130. The average Bonchev–Trinajstić information content (AvgIpc) is 2.84. The van der Waals surface area contributed by atoms with E-state index in [0.29, 0.717) is 43.5 Å². The van der Waals surface area contributed by atoms with Gasteiger partial charge in [-0.2, -0.15) is 0 Å². The monoisotopic (exact) mass is 435 g/mol. The molecular weight excluding hydrogens is 414 g/mol. The molecule has 0 atom stereocenters. The van der Waals surface area contributed by atoms with E-state index < -0.39 is 5.97 Å². The van der Waals surface area contributed by atoms with Gasteiger partial charge >= 0.3 is 5.97 Å². The Balaban J connectivity index is 1.52.